The highest BCUT2D eigenvalue weighted by molar-refractivity contribution is 5.78. The van der Waals surface area contributed by atoms with Crippen LogP contribution in [0.3, 0.4) is 0 Å². The molecule has 1 heterocycles. The number of aliphatic hydroxyl groups is 1. The third-order valence-electron chi connectivity index (χ3n) is 2.20. The van der Waals surface area contributed by atoms with E-state index in [-0.39, 0.29) is 13.0 Å². The Bertz CT molecular complexity index is 382. The fraction of sp³-hybridized carbons (Fsp3) is 0.455. The minimum atomic E-state index is -4.47. The summed E-state index contributed by atoms with van der Waals surface area (Å²) in [5.41, 5.74) is 0.583. The van der Waals surface area contributed by atoms with Gasteiger partial charge >= 0.3 is 6.18 Å². The third-order valence-corrected chi connectivity index (χ3v) is 2.20. The SMILES string of the molecule is O=C(Cc1ccncc1)N(CCO)CC(F)(F)F. The lowest BCUT2D eigenvalue weighted by atomic mass is 10.2. The molecule has 0 aliphatic heterocycles. The highest BCUT2D eigenvalue weighted by Gasteiger charge is 2.32. The largest absolute Gasteiger partial charge is 0.406 e. The second kappa shape index (κ2) is 6.34. The summed E-state index contributed by atoms with van der Waals surface area (Å²) >= 11 is 0. The molecule has 0 bridgehead atoms. The van der Waals surface area contributed by atoms with E-state index in [2.05, 4.69) is 4.98 Å². The van der Waals surface area contributed by atoms with Crippen molar-refractivity contribution < 1.29 is 23.1 Å². The molecule has 7 heteroatoms. The van der Waals surface area contributed by atoms with Crippen molar-refractivity contribution in [3.05, 3.63) is 30.1 Å². The quantitative estimate of drug-likeness (QED) is 0.861. The maximum absolute atomic E-state index is 12.2. The Balaban J connectivity index is 2.65. The molecule has 4 nitrogen and oxygen atoms in total. The average Bonchev–Trinajstić information content (AvgIpc) is 2.28. The molecule has 1 N–H and O–H groups in total. The van der Waals surface area contributed by atoms with Gasteiger partial charge in [-0.05, 0) is 17.7 Å². The van der Waals surface area contributed by atoms with E-state index in [1.807, 2.05) is 0 Å². The fourth-order valence-electron chi connectivity index (χ4n) is 1.42. The number of nitrogens with zero attached hydrogens (tertiary/aromatic N) is 2. The molecule has 0 saturated carbocycles. The van der Waals surface area contributed by atoms with Gasteiger partial charge < -0.3 is 10.0 Å². The van der Waals surface area contributed by atoms with E-state index in [1.54, 1.807) is 12.1 Å². The van der Waals surface area contributed by atoms with Gasteiger partial charge in [-0.1, -0.05) is 0 Å². The molecule has 0 atom stereocenters. The van der Waals surface area contributed by atoms with E-state index >= 15 is 0 Å². The first kappa shape index (κ1) is 14.4. The number of aliphatic hydroxyl groups excluding tert-OH is 1. The maximum Gasteiger partial charge on any atom is 0.406 e. The molecule has 0 spiro atoms. The van der Waals surface area contributed by atoms with Crippen molar-refractivity contribution in [2.24, 2.45) is 0 Å². The number of rotatable bonds is 5. The van der Waals surface area contributed by atoms with Crippen molar-refractivity contribution in [1.29, 1.82) is 0 Å². The number of pyridine rings is 1. The first-order valence-electron chi connectivity index (χ1n) is 5.26. The first-order chi connectivity index (χ1) is 8.42. The van der Waals surface area contributed by atoms with E-state index < -0.39 is 25.2 Å². The third kappa shape index (κ3) is 5.13. The summed E-state index contributed by atoms with van der Waals surface area (Å²) in [7, 11) is 0. The Morgan fingerprint density at radius 1 is 1.33 bits per heavy atom. The number of carbonyl (C=O) groups excluding carboxylic acids is 1. The van der Waals surface area contributed by atoms with E-state index in [0.29, 0.717) is 10.5 Å². The Hall–Kier alpha value is -1.63. The zero-order valence-corrected chi connectivity index (χ0v) is 9.52. The summed E-state index contributed by atoms with van der Waals surface area (Å²) in [5, 5.41) is 8.68. The van der Waals surface area contributed by atoms with Crippen LogP contribution in [-0.4, -0.2) is 46.8 Å². The number of amides is 1. The van der Waals surface area contributed by atoms with E-state index in [4.69, 9.17) is 5.11 Å². The molecule has 0 radical (unpaired) electrons. The van der Waals surface area contributed by atoms with E-state index in [1.165, 1.54) is 12.4 Å². The van der Waals surface area contributed by atoms with Gasteiger partial charge in [0.15, 0.2) is 0 Å². The van der Waals surface area contributed by atoms with Crippen molar-refractivity contribution >= 4 is 5.91 Å². The second-order valence-electron chi connectivity index (χ2n) is 3.69. The summed E-state index contributed by atoms with van der Waals surface area (Å²) in [4.78, 5) is 16.0. The van der Waals surface area contributed by atoms with Crippen molar-refractivity contribution in [2.75, 3.05) is 19.7 Å². The summed E-state index contributed by atoms with van der Waals surface area (Å²) in [6.07, 6.45) is -1.69. The number of halogens is 3. The monoisotopic (exact) mass is 262 g/mol. The van der Waals surface area contributed by atoms with Crippen LogP contribution >= 0.6 is 0 Å². The highest BCUT2D eigenvalue weighted by Crippen LogP contribution is 2.17. The van der Waals surface area contributed by atoms with Gasteiger partial charge in [-0.25, -0.2) is 0 Å². The summed E-state index contributed by atoms with van der Waals surface area (Å²) in [6, 6.07) is 3.12. The van der Waals surface area contributed by atoms with E-state index in [9.17, 15) is 18.0 Å². The molecule has 0 aliphatic carbocycles. The zero-order valence-electron chi connectivity index (χ0n) is 9.52. The van der Waals surface area contributed by atoms with E-state index in [0.717, 1.165) is 0 Å². The van der Waals surface area contributed by atoms with Crippen LogP contribution in [0, 0.1) is 0 Å². The van der Waals surface area contributed by atoms with Gasteiger partial charge in [0.05, 0.1) is 13.0 Å². The first-order valence-corrected chi connectivity index (χ1v) is 5.26. The molecule has 0 unspecified atom stereocenters. The number of hydrogen-bond acceptors (Lipinski definition) is 3. The summed E-state index contributed by atoms with van der Waals surface area (Å²) in [6.45, 7) is -2.18. The van der Waals surface area contributed by atoms with Crippen molar-refractivity contribution in [3.8, 4) is 0 Å². The van der Waals surface area contributed by atoms with Crippen molar-refractivity contribution in [1.82, 2.24) is 9.88 Å². The van der Waals surface area contributed by atoms with Gasteiger partial charge in [-0.2, -0.15) is 13.2 Å². The molecule has 0 aromatic carbocycles. The zero-order chi connectivity index (χ0) is 13.6. The molecule has 100 valence electrons. The number of alkyl halides is 3. The van der Waals surface area contributed by atoms with Crippen LogP contribution in [0.2, 0.25) is 0 Å². The maximum atomic E-state index is 12.2. The smallest absolute Gasteiger partial charge is 0.395 e. The normalized spacial score (nSPS) is 11.3. The molecule has 0 saturated heterocycles. The van der Waals surface area contributed by atoms with Crippen LogP contribution in [0.4, 0.5) is 13.2 Å². The number of carbonyl (C=O) groups is 1. The molecule has 0 aliphatic rings. The predicted octanol–water partition coefficient (Wildman–Crippen LogP) is 1.01. The van der Waals surface area contributed by atoms with Crippen molar-refractivity contribution in [3.63, 3.8) is 0 Å². The van der Waals surface area contributed by atoms with Gasteiger partial charge in [-0.15, -0.1) is 0 Å². The summed E-state index contributed by atoms with van der Waals surface area (Å²) in [5.74, 6) is -0.674. The molecule has 1 amide bonds. The molecule has 1 rings (SSSR count). The molecular formula is C11H13F3N2O2. The van der Waals surface area contributed by atoms with Crippen LogP contribution < -0.4 is 0 Å². The van der Waals surface area contributed by atoms with Crippen LogP contribution in [-0.2, 0) is 11.2 Å². The molecule has 0 fully saturated rings. The topological polar surface area (TPSA) is 53.4 Å². The van der Waals surface area contributed by atoms with Crippen LogP contribution in [0.25, 0.3) is 0 Å². The highest BCUT2D eigenvalue weighted by atomic mass is 19.4. The lowest BCUT2D eigenvalue weighted by molar-refractivity contribution is -0.161. The van der Waals surface area contributed by atoms with Crippen molar-refractivity contribution in [2.45, 2.75) is 12.6 Å². The number of aromatic nitrogens is 1. The fourth-order valence-corrected chi connectivity index (χ4v) is 1.42. The van der Waals surface area contributed by atoms with Gasteiger partial charge in [0.1, 0.15) is 6.54 Å². The predicted molar refractivity (Wildman–Crippen MR) is 57.7 cm³/mol. The Labute approximate surface area is 102 Å². The van der Waals surface area contributed by atoms with Crippen LogP contribution in [0.15, 0.2) is 24.5 Å². The summed E-state index contributed by atoms with van der Waals surface area (Å²) < 4.78 is 36.7. The van der Waals surface area contributed by atoms with Gasteiger partial charge in [-0.3, -0.25) is 9.78 Å². The second-order valence-corrected chi connectivity index (χ2v) is 3.69. The lowest BCUT2D eigenvalue weighted by Crippen LogP contribution is -2.41. The lowest BCUT2D eigenvalue weighted by Gasteiger charge is -2.23. The molecular weight excluding hydrogens is 249 g/mol. The standard InChI is InChI=1S/C11H13F3N2O2/c12-11(13,14)8-16(5-6-17)10(18)7-9-1-3-15-4-2-9/h1-4,17H,5-8H2. The number of hydrogen-bond donors (Lipinski definition) is 1. The van der Waals surface area contributed by atoms with Gasteiger partial charge in [0.25, 0.3) is 0 Å². The van der Waals surface area contributed by atoms with Crippen LogP contribution in [0.1, 0.15) is 5.56 Å². The molecule has 1 aromatic rings. The average molecular weight is 262 g/mol. The molecule has 18 heavy (non-hydrogen) atoms. The molecule has 1 aromatic heterocycles. The van der Waals surface area contributed by atoms with Crippen LogP contribution in [0.5, 0.6) is 0 Å². The minimum absolute atomic E-state index is 0.140. The Kier molecular flexibility index (Phi) is 5.08. The Morgan fingerprint density at radius 3 is 2.44 bits per heavy atom. The van der Waals surface area contributed by atoms with Gasteiger partial charge in [0, 0.05) is 18.9 Å². The minimum Gasteiger partial charge on any atom is -0.395 e. The Morgan fingerprint density at radius 2 is 1.94 bits per heavy atom. The van der Waals surface area contributed by atoms with Gasteiger partial charge in [0.2, 0.25) is 5.91 Å².